The van der Waals surface area contributed by atoms with E-state index in [0.717, 1.165) is 23.5 Å². The van der Waals surface area contributed by atoms with E-state index in [9.17, 15) is 4.79 Å². The van der Waals surface area contributed by atoms with Gasteiger partial charge in [0, 0.05) is 55.6 Å². The minimum atomic E-state index is -0.221. The van der Waals surface area contributed by atoms with Gasteiger partial charge in [-0.1, -0.05) is 6.07 Å². The topological polar surface area (TPSA) is 114 Å². The van der Waals surface area contributed by atoms with E-state index >= 15 is 0 Å². The van der Waals surface area contributed by atoms with Crippen molar-refractivity contribution in [2.24, 2.45) is 0 Å². The molecule has 0 atom stereocenters. The Morgan fingerprint density at radius 1 is 1.11 bits per heavy atom. The van der Waals surface area contributed by atoms with Crippen LogP contribution < -0.4 is 20.5 Å². The average molecular weight is 481 g/mol. The van der Waals surface area contributed by atoms with Crippen LogP contribution in [0.1, 0.15) is 16.8 Å². The number of nitrogens with one attached hydrogen (secondary N) is 2. The molecule has 36 heavy (non-hydrogen) atoms. The third-order valence-electron chi connectivity index (χ3n) is 6.34. The molecule has 10 heteroatoms. The largest absolute Gasteiger partial charge is 0.497 e. The molecule has 0 amide bonds. The van der Waals surface area contributed by atoms with Crippen LogP contribution in [0.5, 0.6) is 5.75 Å². The summed E-state index contributed by atoms with van der Waals surface area (Å²) in [5, 5.41) is 8.17. The monoisotopic (exact) mass is 480 g/mol. The molecule has 0 unspecified atom stereocenters. The molecule has 0 aliphatic carbocycles. The number of ether oxygens (including phenoxy) is 1. The van der Waals surface area contributed by atoms with Gasteiger partial charge in [0.25, 0.3) is 5.56 Å². The van der Waals surface area contributed by atoms with Crippen LogP contribution in [0.3, 0.4) is 0 Å². The summed E-state index contributed by atoms with van der Waals surface area (Å²) < 4.78 is 7.12. The first kappa shape index (κ1) is 21.8. The normalized spacial score (nSPS) is 13.0. The highest BCUT2D eigenvalue weighted by molar-refractivity contribution is 5.88. The minimum absolute atomic E-state index is 0.221. The van der Waals surface area contributed by atoms with Gasteiger partial charge in [0.1, 0.15) is 11.6 Å². The molecular formula is C26H24N8O2. The number of H-pyrrole nitrogens is 1. The van der Waals surface area contributed by atoms with E-state index in [0.29, 0.717) is 47.9 Å². The second-order valence-electron chi connectivity index (χ2n) is 8.52. The van der Waals surface area contributed by atoms with Crippen molar-refractivity contribution in [1.29, 1.82) is 0 Å². The third kappa shape index (κ3) is 4.02. The van der Waals surface area contributed by atoms with Crippen LogP contribution in [-0.2, 0) is 19.5 Å². The molecule has 1 aliphatic rings. The zero-order valence-electron chi connectivity index (χ0n) is 19.7. The van der Waals surface area contributed by atoms with Crippen LogP contribution in [0.4, 0.5) is 11.8 Å². The number of aromatic amines is 1. The Bertz CT molecular complexity index is 1580. The van der Waals surface area contributed by atoms with Gasteiger partial charge in [0.2, 0.25) is 5.95 Å². The van der Waals surface area contributed by atoms with Gasteiger partial charge >= 0.3 is 0 Å². The Labute approximate surface area is 206 Å². The van der Waals surface area contributed by atoms with Gasteiger partial charge in [-0.05, 0) is 36.2 Å². The standard InChI is InChI=1S/C26H24N8O2/c1-36-19-13-21-23(22(14-19)34-11-4-9-30-34)25(35)32-26(31-21)33-12-7-20-17(16-33)6-10-28-24(20)29-15-18-5-2-3-8-27-18/h2-6,8-11,13-14H,7,12,15-16H2,1H3,(H,28,29)(H,31,32,35). The molecule has 0 spiro atoms. The van der Waals surface area contributed by atoms with Gasteiger partial charge in [-0.3, -0.25) is 14.8 Å². The number of rotatable bonds is 6. The first-order valence-electron chi connectivity index (χ1n) is 11.7. The van der Waals surface area contributed by atoms with Gasteiger partial charge < -0.3 is 15.0 Å². The Morgan fingerprint density at radius 2 is 2.06 bits per heavy atom. The van der Waals surface area contributed by atoms with Crippen molar-refractivity contribution < 1.29 is 4.74 Å². The highest BCUT2D eigenvalue weighted by Crippen LogP contribution is 2.29. The van der Waals surface area contributed by atoms with Gasteiger partial charge in [-0.2, -0.15) is 5.10 Å². The summed E-state index contributed by atoms with van der Waals surface area (Å²) >= 11 is 0. The first-order chi connectivity index (χ1) is 17.7. The van der Waals surface area contributed by atoms with Gasteiger partial charge in [0.05, 0.1) is 35.9 Å². The summed E-state index contributed by atoms with van der Waals surface area (Å²) in [6.07, 6.45) is 7.82. The predicted octanol–water partition coefficient (Wildman–Crippen LogP) is 3.08. The molecule has 10 nitrogen and oxygen atoms in total. The highest BCUT2D eigenvalue weighted by Gasteiger charge is 2.23. The molecule has 180 valence electrons. The zero-order valence-corrected chi connectivity index (χ0v) is 19.7. The first-order valence-corrected chi connectivity index (χ1v) is 11.7. The zero-order chi connectivity index (χ0) is 24.5. The number of pyridine rings is 2. The number of anilines is 2. The Kier molecular flexibility index (Phi) is 5.53. The summed E-state index contributed by atoms with van der Waals surface area (Å²) in [6.45, 7) is 1.91. The molecule has 0 bridgehead atoms. The van der Waals surface area contributed by atoms with Crippen LogP contribution in [0.2, 0.25) is 0 Å². The molecule has 0 radical (unpaired) electrons. The van der Waals surface area contributed by atoms with Crippen molar-refractivity contribution in [1.82, 2.24) is 29.7 Å². The molecule has 0 saturated heterocycles. The minimum Gasteiger partial charge on any atom is -0.497 e. The number of nitrogens with zero attached hydrogens (tertiary/aromatic N) is 6. The summed E-state index contributed by atoms with van der Waals surface area (Å²) in [5.74, 6) is 2.00. The summed E-state index contributed by atoms with van der Waals surface area (Å²) in [7, 11) is 1.59. The van der Waals surface area contributed by atoms with Gasteiger partial charge in [0.15, 0.2) is 0 Å². The van der Waals surface area contributed by atoms with Gasteiger partial charge in [-0.25, -0.2) is 14.6 Å². The fourth-order valence-electron chi connectivity index (χ4n) is 4.57. The van der Waals surface area contributed by atoms with E-state index in [1.165, 1.54) is 5.56 Å². The fraction of sp³-hybridized carbons (Fsp3) is 0.192. The van der Waals surface area contributed by atoms with Crippen molar-refractivity contribution >= 4 is 22.7 Å². The van der Waals surface area contributed by atoms with E-state index in [1.807, 2.05) is 24.3 Å². The predicted molar refractivity (Wildman–Crippen MR) is 137 cm³/mol. The molecule has 5 heterocycles. The molecule has 1 aromatic carbocycles. The maximum absolute atomic E-state index is 13.2. The quantitative estimate of drug-likeness (QED) is 0.381. The summed E-state index contributed by atoms with van der Waals surface area (Å²) in [4.78, 5) is 32.1. The molecule has 6 rings (SSSR count). The lowest BCUT2D eigenvalue weighted by molar-refractivity contribution is 0.415. The number of aromatic nitrogens is 6. The van der Waals surface area contributed by atoms with Crippen molar-refractivity contribution in [2.75, 3.05) is 23.9 Å². The summed E-state index contributed by atoms with van der Waals surface area (Å²) in [5.41, 5.74) is 4.23. The number of hydrogen-bond acceptors (Lipinski definition) is 8. The van der Waals surface area contributed by atoms with Crippen LogP contribution in [0, 0.1) is 0 Å². The maximum atomic E-state index is 13.2. The molecule has 5 aromatic rings. The van der Waals surface area contributed by atoms with E-state index in [-0.39, 0.29) is 5.56 Å². The van der Waals surface area contributed by atoms with E-state index in [4.69, 9.17) is 9.72 Å². The SMILES string of the molecule is COc1cc(-n2cccn2)c2c(=O)[nH]c(N3CCc4c(ccnc4NCc4ccccn4)C3)nc2c1. The third-order valence-corrected chi connectivity index (χ3v) is 6.34. The summed E-state index contributed by atoms with van der Waals surface area (Å²) in [6, 6.07) is 13.3. The lowest BCUT2D eigenvalue weighted by atomic mass is 10.0. The van der Waals surface area contributed by atoms with Crippen molar-refractivity contribution in [2.45, 2.75) is 19.5 Å². The maximum Gasteiger partial charge on any atom is 0.262 e. The molecule has 2 N–H and O–H groups in total. The molecule has 0 fully saturated rings. The number of fused-ring (bicyclic) bond motifs is 2. The van der Waals surface area contributed by atoms with E-state index in [2.05, 4.69) is 30.3 Å². The smallest absolute Gasteiger partial charge is 0.262 e. The Balaban J connectivity index is 1.31. The Morgan fingerprint density at radius 3 is 2.86 bits per heavy atom. The fourth-order valence-corrected chi connectivity index (χ4v) is 4.57. The number of benzene rings is 1. The molecule has 0 saturated carbocycles. The second kappa shape index (κ2) is 9.14. The lowest BCUT2D eigenvalue weighted by Crippen LogP contribution is -2.33. The van der Waals surface area contributed by atoms with Crippen LogP contribution in [0.15, 0.2) is 72.0 Å². The number of methoxy groups -OCH3 is 1. The number of hydrogen-bond donors (Lipinski definition) is 2. The van der Waals surface area contributed by atoms with Crippen molar-refractivity contribution in [3.63, 3.8) is 0 Å². The van der Waals surface area contributed by atoms with E-state index in [1.54, 1.807) is 54.8 Å². The lowest BCUT2D eigenvalue weighted by Gasteiger charge is -2.30. The van der Waals surface area contributed by atoms with Crippen LogP contribution in [-0.4, -0.2) is 43.4 Å². The van der Waals surface area contributed by atoms with Gasteiger partial charge in [-0.15, -0.1) is 0 Å². The molecule has 1 aliphatic heterocycles. The Hall–Kier alpha value is -4.73. The molecular weight excluding hydrogens is 456 g/mol. The second-order valence-corrected chi connectivity index (χ2v) is 8.52. The van der Waals surface area contributed by atoms with Crippen molar-refractivity contribution in [3.05, 3.63) is 94.4 Å². The van der Waals surface area contributed by atoms with Crippen molar-refractivity contribution in [3.8, 4) is 11.4 Å². The average Bonchev–Trinajstić information content (AvgIpc) is 3.46. The van der Waals surface area contributed by atoms with E-state index < -0.39 is 0 Å². The van der Waals surface area contributed by atoms with Crippen LogP contribution >= 0.6 is 0 Å². The van der Waals surface area contributed by atoms with Crippen LogP contribution in [0.25, 0.3) is 16.6 Å². The highest BCUT2D eigenvalue weighted by atomic mass is 16.5. The molecule has 4 aromatic heterocycles.